The summed E-state index contributed by atoms with van der Waals surface area (Å²) in [6.07, 6.45) is -4.44. The van der Waals surface area contributed by atoms with Crippen molar-refractivity contribution < 1.29 is 27.4 Å². The molecule has 0 aliphatic rings. The first-order chi connectivity index (χ1) is 14.9. The normalized spacial score (nSPS) is 10.9. The highest BCUT2D eigenvalue weighted by Crippen LogP contribution is 2.30. The van der Waals surface area contributed by atoms with Gasteiger partial charge in [0, 0.05) is 5.69 Å². The van der Waals surface area contributed by atoms with Crippen LogP contribution >= 0.6 is 0 Å². The number of rotatable bonds is 9. The monoisotopic (exact) mass is 430 g/mol. The highest BCUT2D eigenvalue weighted by molar-refractivity contribution is 5.95. The van der Waals surface area contributed by atoms with Gasteiger partial charge in [-0.3, -0.25) is 4.79 Å². The van der Waals surface area contributed by atoms with Crippen molar-refractivity contribution in [2.75, 3.05) is 30.4 Å². The van der Waals surface area contributed by atoms with Gasteiger partial charge in [-0.2, -0.15) is 13.2 Å². The van der Waals surface area contributed by atoms with Crippen LogP contribution in [0.1, 0.15) is 5.56 Å². The highest BCUT2D eigenvalue weighted by atomic mass is 19.4. The lowest BCUT2D eigenvalue weighted by Gasteiger charge is -2.14. The Bertz CT molecular complexity index is 995. The molecule has 162 valence electrons. The highest BCUT2D eigenvalue weighted by Gasteiger charge is 2.30. The predicted octanol–water partition coefficient (Wildman–Crippen LogP) is 5.21. The van der Waals surface area contributed by atoms with Gasteiger partial charge in [0.15, 0.2) is 0 Å². The summed E-state index contributed by atoms with van der Waals surface area (Å²) in [6.45, 7) is 0.389. The Labute approximate surface area is 177 Å². The summed E-state index contributed by atoms with van der Waals surface area (Å²) < 4.78 is 49.6. The maximum absolute atomic E-state index is 12.8. The molecule has 0 spiro atoms. The first-order valence-electron chi connectivity index (χ1n) is 9.52. The summed E-state index contributed by atoms with van der Waals surface area (Å²) in [5, 5.41) is 5.39. The number of anilines is 2. The third-order valence-corrected chi connectivity index (χ3v) is 4.16. The van der Waals surface area contributed by atoms with Crippen molar-refractivity contribution in [3.63, 3.8) is 0 Å². The molecule has 5 nitrogen and oxygen atoms in total. The lowest BCUT2D eigenvalue weighted by molar-refractivity contribution is -0.137. The molecule has 0 aliphatic heterocycles. The summed E-state index contributed by atoms with van der Waals surface area (Å²) in [5.74, 6) is 0.772. The van der Waals surface area contributed by atoms with Crippen LogP contribution in [0.15, 0.2) is 78.9 Å². The van der Waals surface area contributed by atoms with E-state index in [1.165, 1.54) is 12.1 Å². The van der Waals surface area contributed by atoms with Crippen LogP contribution in [0.4, 0.5) is 24.5 Å². The van der Waals surface area contributed by atoms with Gasteiger partial charge in [-0.15, -0.1) is 0 Å². The quantitative estimate of drug-likeness (QED) is 0.458. The Balaban J connectivity index is 1.50. The summed E-state index contributed by atoms with van der Waals surface area (Å²) in [7, 11) is 0. The summed E-state index contributed by atoms with van der Waals surface area (Å²) in [5.41, 5.74) is -0.125. The second kappa shape index (κ2) is 10.4. The zero-order valence-electron chi connectivity index (χ0n) is 16.5. The largest absolute Gasteiger partial charge is 0.490 e. The number of alkyl halides is 3. The number of hydrogen-bond donors (Lipinski definition) is 2. The molecule has 8 heteroatoms. The number of benzene rings is 3. The number of hydrogen-bond acceptors (Lipinski definition) is 4. The van der Waals surface area contributed by atoms with Crippen molar-refractivity contribution in [1.29, 1.82) is 0 Å². The van der Waals surface area contributed by atoms with Crippen LogP contribution in [0.25, 0.3) is 0 Å². The molecule has 3 aromatic rings. The Hall–Kier alpha value is -3.68. The van der Waals surface area contributed by atoms with E-state index < -0.39 is 17.6 Å². The fourth-order valence-corrected chi connectivity index (χ4v) is 2.71. The molecule has 0 saturated carbocycles. The van der Waals surface area contributed by atoms with Crippen LogP contribution in [0, 0.1) is 0 Å². The molecule has 0 unspecified atom stereocenters. The lowest BCUT2D eigenvalue weighted by atomic mass is 10.2. The number of carbonyl (C=O) groups is 1. The van der Waals surface area contributed by atoms with E-state index in [9.17, 15) is 18.0 Å². The third kappa shape index (κ3) is 6.95. The van der Waals surface area contributed by atoms with Crippen molar-refractivity contribution in [3.05, 3.63) is 84.4 Å². The maximum Gasteiger partial charge on any atom is 0.416 e. The molecular formula is C23H21F3N2O3. The second-order valence-corrected chi connectivity index (χ2v) is 6.49. The zero-order chi connectivity index (χ0) is 22.1. The zero-order valence-corrected chi connectivity index (χ0v) is 16.5. The van der Waals surface area contributed by atoms with Gasteiger partial charge in [-0.05, 0) is 42.5 Å². The molecule has 0 fully saturated rings. The maximum atomic E-state index is 12.8. The molecule has 0 atom stereocenters. The average molecular weight is 430 g/mol. The van der Waals surface area contributed by atoms with E-state index in [0.29, 0.717) is 18.0 Å². The van der Waals surface area contributed by atoms with Gasteiger partial charge in [-0.25, -0.2) is 0 Å². The Morgan fingerprint density at radius 1 is 0.839 bits per heavy atom. The van der Waals surface area contributed by atoms with Crippen LogP contribution < -0.4 is 20.1 Å². The van der Waals surface area contributed by atoms with Crippen molar-refractivity contribution in [2.24, 2.45) is 0 Å². The summed E-state index contributed by atoms with van der Waals surface area (Å²) >= 11 is 0. The van der Waals surface area contributed by atoms with Crippen LogP contribution in [0.3, 0.4) is 0 Å². The molecule has 1 amide bonds. The van der Waals surface area contributed by atoms with Gasteiger partial charge < -0.3 is 20.1 Å². The standard InChI is InChI=1S/C23H21F3N2O3/c24-23(25,26)17-7-6-8-18(15-17)27-16-22(29)28-20-11-4-5-12-21(20)31-14-13-30-19-9-2-1-3-10-19/h1-12,15,27H,13-14,16H2,(H,28,29). The van der Waals surface area contributed by atoms with E-state index >= 15 is 0 Å². The molecule has 2 N–H and O–H groups in total. The molecule has 0 radical (unpaired) electrons. The van der Waals surface area contributed by atoms with Crippen LogP contribution in [0.5, 0.6) is 11.5 Å². The first kappa shape index (κ1) is 22.0. The minimum atomic E-state index is -4.44. The summed E-state index contributed by atoms with van der Waals surface area (Å²) in [4.78, 5) is 12.3. The van der Waals surface area contributed by atoms with Crippen molar-refractivity contribution in [3.8, 4) is 11.5 Å². The Morgan fingerprint density at radius 2 is 1.55 bits per heavy atom. The second-order valence-electron chi connectivity index (χ2n) is 6.49. The fourth-order valence-electron chi connectivity index (χ4n) is 2.71. The number of halogens is 3. The molecule has 0 bridgehead atoms. The van der Waals surface area contributed by atoms with E-state index in [2.05, 4.69) is 10.6 Å². The topological polar surface area (TPSA) is 59.6 Å². The molecule has 3 aromatic carbocycles. The average Bonchev–Trinajstić information content (AvgIpc) is 2.77. The minimum Gasteiger partial charge on any atom is -0.490 e. The van der Waals surface area contributed by atoms with Crippen LogP contribution in [0.2, 0.25) is 0 Å². The smallest absolute Gasteiger partial charge is 0.416 e. The van der Waals surface area contributed by atoms with Crippen molar-refractivity contribution in [2.45, 2.75) is 6.18 Å². The van der Waals surface area contributed by atoms with Crippen molar-refractivity contribution >= 4 is 17.3 Å². The number of para-hydroxylation sites is 3. The Kier molecular flexibility index (Phi) is 7.37. The molecule has 0 heterocycles. The van der Waals surface area contributed by atoms with Crippen LogP contribution in [-0.4, -0.2) is 25.7 Å². The van der Waals surface area contributed by atoms with Gasteiger partial charge in [-0.1, -0.05) is 36.4 Å². The van der Waals surface area contributed by atoms with Gasteiger partial charge in [0.05, 0.1) is 17.8 Å². The molecule has 0 aromatic heterocycles. The number of amides is 1. The fraction of sp³-hybridized carbons (Fsp3) is 0.174. The number of carbonyl (C=O) groups excluding carboxylic acids is 1. The van der Waals surface area contributed by atoms with Gasteiger partial charge in [0.2, 0.25) is 5.91 Å². The van der Waals surface area contributed by atoms with Crippen LogP contribution in [-0.2, 0) is 11.0 Å². The molecule has 0 aliphatic carbocycles. The molecule has 0 saturated heterocycles. The number of ether oxygens (including phenoxy) is 2. The first-order valence-corrected chi connectivity index (χ1v) is 9.52. The lowest BCUT2D eigenvalue weighted by Crippen LogP contribution is -2.22. The van der Waals surface area contributed by atoms with E-state index in [4.69, 9.17) is 9.47 Å². The van der Waals surface area contributed by atoms with E-state index in [1.807, 2.05) is 30.3 Å². The van der Waals surface area contributed by atoms with E-state index in [0.717, 1.165) is 17.9 Å². The van der Waals surface area contributed by atoms with Gasteiger partial charge >= 0.3 is 6.18 Å². The Morgan fingerprint density at radius 3 is 2.32 bits per heavy atom. The van der Waals surface area contributed by atoms with Gasteiger partial charge in [0.25, 0.3) is 0 Å². The molecule has 3 rings (SSSR count). The predicted molar refractivity (Wildman–Crippen MR) is 112 cm³/mol. The SMILES string of the molecule is O=C(CNc1cccc(C(F)(F)F)c1)Nc1ccccc1OCCOc1ccccc1. The van der Waals surface area contributed by atoms with E-state index in [1.54, 1.807) is 24.3 Å². The third-order valence-electron chi connectivity index (χ3n) is 4.16. The summed E-state index contributed by atoms with van der Waals surface area (Å²) in [6, 6.07) is 20.9. The van der Waals surface area contributed by atoms with E-state index in [-0.39, 0.29) is 18.8 Å². The minimum absolute atomic E-state index is 0.201. The number of nitrogens with one attached hydrogen (secondary N) is 2. The van der Waals surface area contributed by atoms with Crippen molar-refractivity contribution in [1.82, 2.24) is 0 Å². The molecule has 31 heavy (non-hydrogen) atoms. The molecular weight excluding hydrogens is 409 g/mol. The van der Waals surface area contributed by atoms with Gasteiger partial charge in [0.1, 0.15) is 24.7 Å².